The van der Waals surface area contributed by atoms with Crippen molar-refractivity contribution in [1.82, 2.24) is 15.2 Å². The second kappa shape index (κ2) is 14.9. The molecule has 2 saturated heterocycles. The molecule has 0 bridgehead atoms. The molecule has 6 rings (SSSR count). The molecule has 2 unspecified atom stereocenters. The zero-order chi connectivity index (χ0) is 34.5. The highest BCUT2D eigenvalue weighted by atomic mass is 32.1. The van der Waals surface area contributed by atoms with Gasteiger partial charge in [0.25, 0.3) is 20.6 Å². The van der Waals surface area contributed by atoms with Crippen LogP contribution in [0.4, 0.5) is 15.6 Å². The first kappa shape index (κ1) is 34.3. The third-order valence-electron chi connectivity index (χ3n) is 9.04. The molecule has 0 saturated carbocycles. The molecule has 11 nitrogen and oxygen atoms in total. The number of carbonyl (C=O) groups is 2. The van der Waals surface area contributed by atoms with E-state index < -0.39 is 20.1 Å². The fourth-order valence-corrected chi connectivity index (χ4v) is 9.01. The number of rotatable bonds is 10. The summed E-state index contributed by atoms with van der Waals surface area (Å²) in [6, 6.07) is 26.6. The molecule has 0 aliphatic carbocycles. The Morgan fingerprint density at radius 2 is 1.59 bits per heavy atom. The molecule has 3 aromatic carbocycles. The van der Waals surface area contributed by atoms with Crippen LogP contribution in [-0.4, -0.2) is 67.8 Å². The van der Waals surface area contributed by atoms with Crippen LogP contribution in [-0.2, 0) is 15.8 Å². The summed E-state index contributed by atoms with van der Waals surface area (Å²) in [5.41, 5.74) is 1.05. The third kappa shape index (κ3) is 8.18. The SMILES string of the molecule is CC(C)(C)C1CN(c2nc(C(=O)NC3CCN(C(=O)OCc4ccc([N+](=O)[O-])cc4)CC3)cs2)C1O[Si](c1ccccc1)c1ccccc1. The number of thiazole rings is 1. The van der Waals surface area contributed by atoms with Crippen LogP contribution in [0.1, 0.15) is 49.7 Å². The Balaban J connectivity index is 1.05. The molecule has 1 N–H and O–H groups in total. The molecule has 2 atom stereocenters. The lowest BCUT2D eigenvalue weighted by Gasteiger charge is -2.53. The minimum atomic E-state index is -1.56. The molecule has 255 valence electrons. The highest BCUT2D eigenvalue weighted by Gasteiger charge is 2.49. The number of nitro groups is 1. The van der Waals surface area contributed by atoms with E-state index in [1.807, 2.05) is 12.1 Å². The Morgan fingerprint density at radius 3 is 2.16 bits per heavy atom. The standard InChI is InChI=1S/C36H40N5O6SSi/c1-36(2,3)30-22-40(33(30)47-49(28-10-6-4-7-11-28)29-12-8-5-9-13-29)34-38-31(24-48-34)32(42)37-26-18-20-39(21-19-26)35(43)46-23-25-14-16-27(17-15-25)41(44)45/h4-17,24,26,30,33H,18-23H2,1-3H3,(H,37,42). The molecule has 13 heteroatoms. The van der Waals surface area contributed by atoms with E-state index in [-0.39, 0.29) is 41.8 Å². The molecule has 49 heavy (non-hydrogen) atoms. The Morgan fingerprint density at radius 1 is 0.980 bits per heavy atom. The number of nitro benzene ring substituents is 1. The van der Waals surface area contributed by atoms with Gasteiger partial charge in [-0.3, -0.25) is 14.9 Å². The number of amides is 2. The topological polar surface area (TPSA) is 127 Å². The maximum Gasteiger partial charge on any atom is 0.410 e. The normalized spacial score (nSPS) is 18.2. The van der Waals surface area contributed by atoms with Crippen molar-refractivity contribution in [2.24, 2.45) is 11.3 Å². The predicted octanol–water partition coefficient (Wildman–Crippen LogP) is 5.21. The van der Waals surface area contributed by atoms with Crippen molar-refractivity contribution < 1.29 is 23.7 Å². The van der Waals surface area contributed by atoms with Gasteiger partial charge in [-0.05, 0) is 46.3 Å². The smallest absolute Gasteiger partial charge is 0.410 e. The van der Waals surface area contributed by atoms with Crippen LogP contribution >= 0.6 is 11.3 Å². The maximum atomic E-state index is 13.3. The van der Waals surface area contributed by atoms with Crippen LogP contribution < -0.4 is 20.6 Å². The fraction of sp³-hybridized carbons (Fsp3) is 0.361. The van der Waals surface area contributed by atoms with E-state index in [2.05, 4.69) is 79.5 Å². The highest BCUT2D eigenvalue weighted by Crippen LogP contribution is 2.43. The van der Waals surface area contributed by atoms with Gasteiger partial charge < -0.3 is 24.3 Å². The first-order chi connectivity index (χ1) is 23.6. The number of piperidine rings is 1. The molecule has 2 aliphatic heterocycles. The molecule has 2 fully saturated rings. The first-order valence-electron chi connectivity index (χ1n) is 16.4. The summed E-state index contributed by atoms with van der Waals surface area (Å²) in [6.07, 6.45) is 0.556. The van der Waals surface area contributed by atoms with Gasteiger partial charge in [0, 0.05) is 49.1 Å². The summed E-state index contributed by atoms with van der Waals surface area (Å²) in [6.45, 7) is 8.44. The van der Waals surface area contributed by atoms with Crippen molar-refractivity contribution in [3.8, 4) is 0 Å². The van der Waals surface area contributed by atoms with Gasteiger partial charge in [-0.2, -0.15) is 0 Å². The van der Waals surface area contributed by atoms with Crippen LogP contribution in [0.5, 0.6) is 0 Å². The van der Waals surface area contributed by atoms with Crippen molar-refractivity contribution in [3.05, 3.63) is 112 Å². The molecule has 1 radical (unpaired) electrons. The minimum Gasteiger partial charge on any atom is -0.445 e. The first-order valence-corrected chi connectivity index (χ1v) is 18.7. The lowest BCUT2D eigenvalue weighted by atomic mass is 9.74. The maximum absolute atomic E-state index is 13.3. The van der Waals surface area contributed by atoms with Gasteiger partial charge in [-0.15, -0.1) is 11.3 Å². The number of anilines is 1. The molecule has 3 heterocycles. The summed E-state index contributed by atoms with van der Waals surface area (Å²) in [5, 5.41) is 18.9. The fourth-order valence-electron chi connectivity index (χ4n) is 6.04. The summed E-state index contributed by atoms with van der Waals surface area (Å²) in [7, 11) is -1.56. The quantitative estimate of drug-likeness (QED) is 0.136. The Kier molecular flexibility index (Phi) is 10.4. The summed E-state index contributed by atoms with van der Waals surface area (Å²) >= 11 is 1.45. The summed E-state index contributed by atoms with van der Waals surface area (Å²) in [5.74, 6) is 0.0532. The van der Waals surface area contributed by atoms with E-state index in [0.29, 0.717) is 37.2 Å². The molecule has 0 spiro atoms. The van der Waals surface area contributed by atoms with E-state index in [9.17, 15) is 19.7 Å². The predicted molar refractivity (Wildman–Crippen MR) is 191 cm³/mol. The zero-order valence-corrected chi connectivity index (χ0v) is 29.6. The van der Waals surface area contributed by atoms with Crippen LogP contribution in [0.25, 0.3) is 0 Å². The van der Waals surface area contributed by atoms with Crippen LogP contribution in [0.3, 0.4) is 0 Å². The average Bonchev–Trinajstić information content (AvgIpc) is 3.57. The molecular formula is C36H40N5O6SSi. The number of hydrogen-bond donors (Lipinski definition) is 1. The molecule has 1 aromatic heterocycles. The van der Waals surface area contributed by atoms with E-state index in [1.54, 1.807) is 22.4 Å². The van der Waals surface area contributed by atoms with E-state index in [0.717, 1.165) is 11.7 Å². The number of aromatic nitrogens is 1. The number of non-ortho nitro benzene ring substituents is 1. The molecule has 2 aliphatic rings. The second-order valence-electron chi connectivity index (χ2n) is 13.4. The van der Waals surface area contributed by atoms with Gasteiger partial charge in [0.1, 0.15) is 18.5 Å². The van der Waals surface area contributed by atoms with Gasteiger partial charge >= 0.3 is 6.09 Å². The minimum absolute atomic E-state index is 0.0158. The number of likely N-dealkylation sites (tertiary alicyclic amines) is 1. The van der Waals surface area contributed by atoms with Crippen LogP contribution in [0.2, 0.25) is 0 Å². The molecular weight excluding hydrogens is 659 g/mol. The van der Waals surface area contributed by atoms with Crippen molar-refractivity contribution in [2.45, 2.75) is 52.5 Å². The van der Waals surface area contributed by atoms with Crippen LogP contribution in [0.15, 0.2) is 90.3 Å². The lowest BCUT2D eigenvalue weighted by molar-refractivity contribution is -0.384. The van der Waals surface area contributed by atoms with Crippen LogP contribution in [0, 0.1) is 21.4 Å². The largest absolute Gasteiger partial charge is 0.445 e. The summed E-state index contributed by atoms with van der Waals surface area (Å²) < 4.78 is 12.5. The Hall–Kier alpha value is -4.59. The number of benzene rings is 3. The summed E-state index contributed by atoms with van der Waals surface area (Å²) in [4.78, 5) is 44.9. The number of nitrogens with one attached hydrogen (secondary N) is 1. The third-order valence-corrected chi connectivity index (χ3v) is 12.1. The highest BCUT2D eigenvalue weighted by molar-refractivity contribution is 7.14. The Labute approximate surface area is 291 Å². The van der Waals surface area contributed by atoms with Gasteiger partial charge in [-0.25, -0.2) is 9.78 Å². The van der Waals surface area contributed by atoms with Gasteiger partial charge in [0.2, 0.25) is 0 Å². The zero-order valence-electron chi connectivity index (χ0n) is 27.8. The average molecular weight is 699 g/mol. The monoisotopic (exact) mass is 698 g/mol. The van der Waals surface area contributed by atoms with Crippen molar-refractivity contribution in [1.29, 1.82) is 0 Å². The van der Waals surface area contributed by atoms with E-state index in [1.165, 1.54) is 33.8 Å². The van der Waals surface area contributed by atoms with E-state index >= 15 is 0 Å². The molecule has 2 amide bonds. The van der Waals surface area contributed by atoms with Gasteiger partial charge in [0.15, 0.2) is 5.13 Å². The second-order valence-corrected chi connectivity index (χ2v) is 16.3. The number of carbonyl (C=O) groups excluding carboxylic acids is 2. The number of ether oxygens (including phenoxy) is 1. The van der Waals surface area contributed by atoms with Gasteiger partial charge in [0.05, 0.1) is 4.92 Å². The molecule has 4 aromatic rings. The lowest BCUT2D eigenvalue weighted by Crippen LogP contribution is -2.65. The van der Waals surface area contributed by atoms with Gasteiger partial charge in [-0.1, -0.05) is 81.4 Å². The number of nitrogens with zero attached hydrogens (tertiary/aromatic N) is 4. The van der Waals surface area contributed by atoms with E-state index in [4.69, 9.17) is 14.1 Å². The number of hydrogen-bond acceptors (Lipinski definition) is 9. The van der Waals surface area contributed by atoms with Crippen molar-refractivity contribution in [2.75, 3.05) is 24.5 Å². The van der Waals surface area contributed by atoms with Crippen molar-refractivity contribution in [3.63, 3.8) is 0 Å². The van der Waals surface area contributed by atoms with Crippen molar-refractivity contribution >= 4 is 53.6 Å². The Bertz CT molecular complexity index is 1700.